The number of carbonyl (C=O) groups is 1. The number of methoxy groups -OCH3 is 1. The molecule has 0 aromatic heterocycles. The molecule has 0 saturated carbocycles. The predicted octanol–water partition coefficient (Wildman–Crippen LogP) is 3.34. The van der Waals surface area contributed by atoms with Gasteiger partial charge in [-0.15, -0.1) is 11.6 Å². The maximum absolute atomic E-state index is 12.4. The molecule has 1 N–H and O–H groups in total. The van der Waals surface area contributed by atoms with E-state index in [0.29, 0.717) is 12.3 Å². The summed E-state index contributed by atoms with van der Waals surface area (Å²) in [5.41, 5.74) is 1.56. The van der Waals surface area contributed by atoms with E-state index in [0.717, 1.165) is 11.1 Å². The summed E-state index contributed by atoms with van der Waals surface area (Å²) in [4.78, 5) is 13.9. The standard InChI is InChI=1S/C17H18ClNO3/c1-19(11-12-4-3-5-14(20)10-12)17(21)16(18)13-6-8-15(22-2)9-7-13/h3-10,16,20H,11H2,1-2H3. The minimum absolute atomic E-state index is 0.177. The maximum Gasteiger partial charge on any atom is 0.245 e. The lowest BCUT2D eigenvalue weighted by Gasteiger charge is -2.21. The summed E-state index contributed by atoms with van der Waals surface area (Å²) in [7, 11) is 3.27. The van der Waals surface area contributed by atoms with Crippen LogP contribution in [0.15, 0.2) is 48.5 Å². The first-order chi connectivity index (χ1) is 10.5. The van der Waals surface area contributed by atoms with E-state index < -0.39 is 5.38 Å². The van der Waals surface area contributed by atoms with Crippen molar-refractivity contribution in [3.63, 3.8) is 0 Å². The van der Waals surface area contributed by atoms with Crippen LogP contribution < -0.4 is 4.74 Å². The highest BCUT2D eigenvalue weighted by Crippen LogP contribution is 2.25. The van der Waals surface area contributed by atoms with Crippen molar-refractivity contribution >= 4 is 17.5 Å². The van der Waals surface area contributed by atoms with Crippen LogP contribution in [0.1, 0.15) is 16.5 Å². The summed E-state index contributed by atoms with van der Waals surface area (Å²) in [5, 5.41) is 8.70. The normalized spacial score (nSPS) is 11.8. The van der Waals surface area contributed by atoms with E-state index in [1.165, 1.54) is 4.90 Å². The average molecular weight is 320 g/mol. The highest BCUT2D eigenvalue weighted by atomic mass is 35.5. The molecule has 22 heavy (non-hydrogen) atoms. The second-order valence-corrected chi connectivity index (χ2v) is 5.44. The molecule has 0 bridgehead atoms. The average Bonchev–Trinajstić information content (AvgIpc) is 2.53. The van der Waals surface area contributed by atoms with Gasteiger partial charge in [0.15, 0.2) is 0 Å². The van der Waals surface area contributed by atoms with Crippen molar-refractivity contribution in [2.45, 2.75) is 11.9 Å². The summed E-state index contributed by atoms with van der Waals surface area (Å²) in [6.07, 6.45) is 0. The van der Waals surface area contributed by atoms with Gasteiger partial charge in [0.05, 0.1) is 7.11 Å². The van der Waals surface area contributed by atoms with Crippen molar-refractivity contribution in [3.05, 3.63) is 59.7 Å². The first-order valence-corrected chi connectivity index (χ1v) is 7.26. The molecular weight excluding hydrogens is 302 g/mol. The molecule has 116 valence electrons. The molecule has 0 aliphatic carbocycles. The van der Waals surface area contributed by atoms with Gasteiger partial charge in [0.1, 0.15) is 16.9 Å². The van der Waals surface area contributed by atoms with E-state index in [1.54, 1.807) is 56.6 Å². The third kappa shape index (κ3) is 3.92. The molecule has 0 saturated heterocycles. The molecule has 0 heterocycles. The second kappa shape index (κ2) is 7.18. The number of hydrogen-bond acceptors (Lipinski definition) is 3. The van der Waals surface area contributed by atoms with Crippen molar-refractivity contribution in [2.24, 2.45) is 0 Å². The number of nitrogens with zero attached hydrogens (tertiary/aromatic N) is 1. The first kappa shape index (κ1) is 16.2. The predicted molar refractivity (Wildman–Crippen MR) is 86.2 cm³/mol. The molecule has 0 aliphatic rings. The minimum Gasteiger partial charge on any atom is -0.508 e. The van der Waals surface area contributed by atoms with Crippen molar-refractivity contribution in [1.29, 1.82) is 0 Å². The van der Waals surface area contributed by atoms with Crippen molar-refractivity contribution < 1.29 is 14.6 Å². The molecule has 2 rings (SSSR count). The van der Waals surface area contributed by atoms with Crippen LogP contribution in [0.25, 0.3) is 0 Å². The quantitative estimate of drug-likeness (QED) is 0.860. The van der Waals surface area contributed by atoms with E-state index in [-0.39, 0.29) is 11.7 Å². The molecular formula is C17H18ClNO3. The van der Waals surface area contributed by atoms with Crippen LogP contribution in [0.2, 0.25) is 0 Å². The second-order valence-electron chi connectivity index (χ2n) is 5.00. The summed E-state index contributed by atoms with van der Waals surface area (Å²) >= 11 is 6.26. The maximum atomic E-state index is 12.4. The molecule has 1 atom stereocenters. The number of aromatic hydroxyl groups is 1. The number of phenols is 1. The van der Waals surface area contributed by atoms with Gasteiger partial charge in [0.2, 0.25) is 5.91 Å². The monoisotopic (exact) mass is 319 g/mol. The minimum atomic E-state index is -0.756. The van der Waals surface area contributed by atoms with E-state index in [9.17, 15) is 9.90 Å². The number of halogens is 1. The Labute approximate surface area is 134 Å². The zero-order chi connectivity index (χ0) is 16.1. The van der Waals surface area contributed by atoms with Crippen LogP contribution in [0.4, 0.5) is 0 Å². The van der Waals surface area contributed by atoms with Gasteiger partial charge in [-0.25, -0.2) is 0 Å². The fraction of sp³-hybridized carbons (Fsp3) is 0.235. The highest BCUT2D eigenvalue weighted by Gasteiger charge is 2.21. The third-order valence-electron chi connectivity index (χ3n) is 3.33. The highest BCUT2D eigenvalue weighted by molar-refractivity contribution is 6.30. The Bertz CT molecular complexity index is 643. The van der Waals surface area contributed by atoms with E-state index >= 15 is 0 Å². The number of amides is 1. The van der Waals surface area contributed by atoms with E-state index in [2.05, 4.69) is 0 Å². The van der Waals surface area contributed by atoms with Gasteiger partial charge in [-0.2, -0.15) is 0 Å². The fourth-order valence-electron chi connectivity index (χ4n) is 2.12. The van der Waals surface area contributed by atoms with E-state index in [4.69, 9.17) is 16.3 Å². The molecule has 4 nitrogen and oxygen atoms in total. The molecule has 2 aromatic rings. The lowest BCUT2D eigenvalue weighted by atomic mass is 10.1. The zero-order valence-electron chi connectivity index (χ0n) is 12.5. The number of benzene rings is 2. The molecule has 1 amide bonds. The number of carbonyl (C=O) groups excluding carboxylic acids is 1. The van der Waals surface area contributed by atoms with Gasteiger partial charge in [-0.05, 0) is 35.4 Å². The Morgan fingerprint density at radius 3 is 2.55 bits per heavy atom. The van der Waals surface area contributed by atoms with Gasteiger partial charge in [-0.3, -0.25) is 4.79 Å². The first-order valence-electron chi connectivity index (χ1n) is 6.82. The van der Waals surface area contributed by atoms with Crippen LogP contribution in [-0.2, 0) is 11.3 Å². The summed E-state index contributed by atoms with van der Waals surface area (Å²) < 4.78 is 5.08. The SMILES string of the molecule is COc1ccc(C(Cl)C(=O)N(C)Cc2cccc(O)c2)cc1. The number of likely N-dealkylation sites (N-methyl/N-ethyl adjacent to an activating group) is 1. The lowest BCUT2D eigenvalue weighted by molar-refractivity contribution is -0.130. The Hall–Kier alpha value is -2.20. The molecule has 5 heteroatoms. The zero-order valence-corrected chi connectivity index (χ0v) is 13.2. The van der Waals surface area contributed by atoms with Gasteiger partial charge >= 0.3 is 0 Å². The van der Waals surface area contributed by atoms with Gasteiger partial charge in [0, 0.05) is 13.6 Å². The Kier molecular flexibility index (Phi) is 5.28. The van der Waals surface area contributed by atoms with Gasteiger partial charge < -0.3 is 14.7 Å². The number of phenolic OH excluding ortho intramolecular Hbond substituents is 1. The molecule has 0 aliphatic heterocycles. The number of hydrogen-bond donors (Lipinski definition) is 1. The number of alkyl halides is 1. The summed E-state index contributed by atoms with van der Waals surface area (Å²) in [6, 6.07) is 13.9. The molecule has 0 radical (unpaired) electrons. The van der Waals surface area contributed by atoms with Crippen molar-refractivity contribution in [2.75, 3.05) is 14.2 Å². The van der Waals surface area contributed by atoms with E-state index in [1.807, 2.05) is 6.07 Å². The fourth-order valence-corrected chi connectivity index (χ4v) is 2.43. The number of ether oxygens (including phenoxy) is 1. The molecule has 1 unspecified atom stereocenters. The van der Waals surface area contributed by atoms with Crippen LogP contribution in [-0.4, -0.2) is 30.1 Å². The largest absolute Gasteiger partial charge is 0.508 e. The third-order valence-corrected chi connectivity index (χ3v) is 3.77. The topological polar surface area (TPSA) is 49.8 Å². The molecule has 0 spiro atoms. The summed E-state index contributed by atoms with van der Waals surface area (Å²) in [5.74, 6) is 0.694. The summed E-state index contributed by atoms with van der Waals surface area (Å²) in [6.45, 7) is 0.382. The Morgan fingerprint density at radius 2 is 1.95 bits per heavy atom. The van der Waals surface area contributed by atoms with Crippen LogP contribution in [0.3, 0.4) is 0 Å². The van der Waals surface area contributed by atoms with Crippen molar-refractivity contribution in [1.82, 2.24) is 4.90 Å². The smallest absolute Gasteiger partial charge is 0.245 e. The van der Waals surface area contributed by atoms with Crippen LogP contribution in [0.5, 0.6) is 11.5 Å². The van der Waals surface area contributed by atoms with Crippen LogP contribution in [0, 0.1) is 0 Å². The molecule has 2 aromatic carbocycles. The molecule has 0 fully saturated rings. The van der Waals surface area contributed by atoms with Crippen molar-refractivity contribution in [3.8, 4) is 11.5 Å². The Morgan fingerprint density at radius 1 is 1.27 bits per heavy atom. The lowest BCUT2D eigenvalue weighted by Crippen LogP contribution is -2.29. The Balaban J connectivity index is 2.05. The van der Waals surface area contributed by atoms with Gasteiger partial charge in [-0.1, -0.05) is 24.3 Å². The van der Waals surface area contributed by atoms with Crippen LogP contribution >= 0.6 is 11.6 Å². The number of rotatable bonds is 5. The van der Waals surface area contributed by atoms with Gasteiger partial charge in [0.25, 0.3) is 0 Å².